The standard InChI is InChI=1S/C14H14F3NO4/c15-14(16,17)10-6-9(7-11(8-10)18(20)21)13(19)22-12-4-2-1-3-5-12/h6-8,12H,1-5H2. The summed E-state index contributed by atoms with van der Waals surface area (Å²) in [6.07, 6.45) is -0.981. The van der Waals surface area contributed by atoms with E-state index in [1.807, 2.05) is 0 Å². The number of carbonyl (C=O) groups excluding carboxylic acids is 1. The molecule has 0 saturated heterocycles. The largest absolute Gasteiger partial charge is 0.459 e. The van der Waals surface area contributed by atoms with Gasteiger partial charge in [0.25, 0.3) is 5.69 Å². The van der Waals surface area contributed by atoms with Gasteiger partial charge < -0.3 is 4.74 Å². The summed E-state index contributed by atoms with van der Waals surface area (Å²) in [6.45, 7) is 0. The van der Waals surface area contributed by atoms with E-state index in [4.69, 9.17) is 4.74 Å². The second-order valence-electron chi connectivity index (χ2n) is 5.19. The van der Waals surface area contributed by atoms with Gasteiger partial charge in [-0.05, 0) is 31.7 Å². The van der Waals surface area contributed by atoms with Crippen LogP contribution in [-0.2, 0) is 10.9 Å². The molecule has 5 nitrogen and oxygen atoms in total. The van der Waals surface area contributed by atoms with Gasteiger partial charge in [-0.15, -0.1) is 0 Å². The lowest BCUT2D eigenvalue weighted by molar-refractivity contribution is -0.385. The number of rotatable bonds is 3. The number of esters is 1. The minimum Gasteiger partial charge on any atom is -0.459 e. The zero-order valence-corrected chi connectivity index (χ0v) is 11.6. The van der Waals surface area contributed by atoms with E-state index in [0.717, 1.165) is 25.3 Å². The van der Waals surface area contributed by atoms with E-state index in [-0.39, 0.29) is 6.10 Å². The van der Waals surface area contributed by atoms with Crippen LogP contribution < -0.4 is 0 Å². The summed E-state index contributed by atoms with van der Waals surface area (Å²) in [5, 5.41) is 10.7. The van der Waals surface area contributed by atoms with Crippen LogP contribution in [0.25, 0.3) is 0 Å². The molecule has 120 valence electrons. The first kappa shape index (κ1) is 16.3. The maximum atomic E-state index is 12.8. The van der Waals surface area contributed by atoms with E-state index in [2.05, 4.69) is 0 Å². The molecular formula is C14H14F3NO4. The molecule has 1 saturated carbocycles. The molecule has 0 heterocycles. The molecule has 2 rings (SSSR count). The predicted molar refractivity (Wildman–Crippen MR) is 70.4 cm³/mol. The first-order valence-electron chi connectivity index (χ1n) is 6.85. The number of nitro groups is 1. The van der Waals surface area contributed by atoms with Crippen molar-refractivity contribution in [2.75, 3.05) is 0 Å². The molecule has 0 spiro atoms. The topological polar surface area (TPSA) is 69.4 Å². The Bertz CT molecular complexity index is 580. The van der Waals surface area contributed by atoms with Crippen LogP contribution in [0.15, 0.2) is 18.2 Å². The lowest BCUT2D eigenvalue weighted by Gasteiger charge is -2.21. The number of halogens is 3. The highest BCUT2D eigenvalue weighted by atomic mass is 19.4. The number of alkyl halides is 3. The van der Waals surface area contributed by atoms with Crippen molar-refractivity contribution in [3.8, 4) is 0 Å². The van der Waals surface area contributed by atoms with Gasteiger partial charge in [0, 0.05) is 12.1 Å². The quantitative estimate of drug-likeness (QED) is 0.478. The summed E-state index contributed by atoms with van der Waals surface area (Å²) in [4.78, 5) is 21.7. The molecule has 0 aliphatic heterocycles. The van der Waals surface area contributed by atoms with Crippen molar-refractivity contribution in [1.29, 1.82) is 0 Å². The highest BCUT2D eigenvalue weighted by Gasteiger charge is 2.34. The average molecular weight is 317 g/mol. The molecule has 1 aliphatic rings. The van der Waals surface area contributed by atoms with Gasteiger partial charge in [0.15, 0.2) is 0 Å². The van der Waals surface area contributed by atoms with Gasteiger partial charge in [-0.1, -0.05) is 6.42 Å². The number of hydrogen-bond donors (Lipinski definition) is 0. The number of nitrogens with zero attached hydrogens (tertiary/aromatic N) is 1. The number of carbonyl (C=O) groups is 1. The molecule has 1 aliphatic carbocycles. The van der Waals surface area contributed by atoms with Crippen LogP contribution in [-0.4, -0.2) is 17.0 Å². The molecule has 1 aromatic rings. The molecule has 0 radical (unpaired) electrons. The number of benzene rings is 1. The van der Waals surface area contributed by atoms with Crippen molar-refractivity contribution in [2.45, 2.75) is 44.4 Å². The van der Waals surface area contributed by atoms with Crippen LogP contribution in [0, 0.1) is 10.1 Å². The Morgan fingerprint density at radius 3 is 2.36 bits per heavy atom. The van der Waals surface area contributed by atoms with Gasteiger partial charge in [0.1, 0.15) is 6.10 Å². The van der Waals surface area contributed by atoms with E-state index in [0.29, 0.717) is 25.0 Å². The SMILES string of the molecule is O=C(OC1CCCCC1)c1cc([N+](=O)[O-])cc(C(F)(F)F)c1. The first-order chi connectivity index (χ1) is 10.3. The highest BCUT2D eigenvalue weighted by Crippen LogP contribution is 2.33. The summed E-state index contributed by atoms with van der Waals surface area (Å²) in [7, 11) is 0. The van der Waals surface area contributed by atoms with Crippen molar-refractivity contribution in [3.63, 3.8) is 0 Å². The fourth-order valence-electron chi connectivity index (χ4n) is 2.40. The number of non-ortho nitro benzene ring substituents is 1. The number of nitro benzene ring substituents is 1. The van der Waals surface area contributed by atoms with E-state index in [1.165, 1.54) is 0 Å². The smallest absolute Gasteiger partial charge is 0.416 e. The third-order valence-corrected chi connectivity index (χ3v) is 3.52. The minimum atomic E-state index is -4.77. The molecule has 0 amide bonds. The molecule has 1 aromatic carbocycles. The predicted octanol–water partition coefficient (Wildman–Crippen LogP) is 4.10. The third-order valence-electron chi connectivity index (χ3n) is 3.52. The van der Waals surface area contributed by atoms with E-state index in [1.54, 1.807) is 0 Å². The third kappa shape index (κ3) is 3.96. The van der Waals surface area contributed by atoms with Crippen molar-refractivity contribution in [1.82, 2.24) is 0 Å². The summed E-state index contributed by atoms with van der Waals surface area (Å²) >= 11 is 0. The maximum absolute atomic E-state index is 12.8. The zero-order valence-electron chi connectivity index (χ0n) is 11.6. The monoisotopic (exact) mass is 317 g/mol. The number of ether oxygens (including phenoxy) is 1. The normalized spacial score (nSPS) is 16.3. The lowest BCUT2D eigenvalue weighted by Crippen LogP contribution is -2.21. The molecule has 0 atom stereocenters. The fraction of sp³-hybridized carbons (Fsp3) is 0.500. The van der Waals surface area contributed by atoms with Crippen molar-refractivity contribution in [3.05, 3.63) is 39.4 Å². The average Bonchev–Trinajstić information content (AvgIpc) is 2.46. The second kappa shape index (κ2) is 6.33. The van der Waals surface area contributed by atoms with Crippen LogP contribution in [0.2, 0.25) is 0 Å². The summed E-state index contributed by atoms with van der Waals surface area (Å²) in [6, 6.07) is 1.79. The van der Waals surface area contributed by atoms with E-state index in [9.17, 15) is 28.1 Å². The van der Waals surface area contributed by atoms with Gasteiger partial charge in [0.2, 0.25) is 0 Å². The lowest BCUT2D eigenvalue weighted by atomic mass is 9.98. The Morgan fingerprint density at radius 2 is 1.82 bits per heavy atom. The van der Waals surface area contributed by atoms with E-state index < -0.39 is 33.9 Å². The van der Waals surface area contributed by atoms with Crippen LogP contribution in [0.1, 0.15) is 48.0 Å². The van der Waals surface area contributed by atoms with E-state index >= 15 is 0 Å². The molecule has 8 heteroatoms. The Balaban J connectivity index is 2.26. The Kier molecular flexibility index (Phi) is 4.68. The summed E-state index contributed by atoms with van der Waals surface area (Å²) in [5.41, 5.74) is -2.48. The fourth-order valence-corrected chi connectivity index (χ4v) is 2.40. The Labute approximate surface area is 124 Å². The van der Waals surface area contributed by atoms with Crippen LogP contribution >= 0.6 is 0 Å². The van der Waals surface area contributed by atoms with Gasteiger partial charge >= 0.3 is 12.1 Å². The first-order valence-corrected chi connectivity index (χ1v) is 6.85. The summed E-state index contributed by atoms with van der Waals surface area (Å²) in [5.74, 6) is -0.957. The summed E-state index contributed by atoms with van der Waals surface area (Å²) < 4.78 is 43.4. The molecule has 0 unspecified atom stereocenters. The Morgan fingerprint density at radius 1 is 1.18 bits per heavy atom. The molecule has 22 heavy (non-hydrogen) atoms. The van der Waals surface area contributed by atoms with Crippen LogP contribution in [0.4, 0.5) is 18.9 Å². The Hall–Kier alpha value is -2.12. The van der Waals surface area contributed by atoms with Crippen molar-refractivity contribution in [2.24, 2.45) is 0 Å². The van der Waals surface area contributed by atoms with Crippen LogP contribution in [0.3, 0.4) is 0 Å². The minimum absolute atomic E-state index is 0.338. The molecule has 1 fully saturated rings. The van der Waals surface area contributed by atoms with Crippen LogP contribution in [0.5, 0.6) is 0 Å². The zero-order chi connectivity index (χ0) is 16.3. The van der Waals surface area contributed by atoms with Crippen molar-refractivity contribution < 1.29 is 27.6 Å². The van der Waals surface area contributed by atoms with Gasteiger partial charge in [-0.3, -0.25) is 10.1 Å². The molecular weight excluding hydrogens is 303 g/mol. The maximum Gasteiger partial charge on any atom is 0.416 e. The molecule has 0 N–H and O–H groups in total. The number of hydrogen-bond acceptors (Lipinski definition) is 4. The van der Waals surface area contributed by atoms with Gasteiger partial charge in [-0.2, -0.15) is 13.2 Å². The molecule has 0 bridgehead atoms. The van der Waals surface area contributed by atoms with Crippen molar-refractivity contribution >= 4 is 11.7 Å². The van der Waals surface area contributed by atoms with Gasteiger partial charge in [-0.25, -0.2) is 4.79 Å². The van der Waals surface area contributed by atoms with Gasteiger partial charge in [0.05, 0.1) is 16.1 Å². The highest BCUT2D eigenvalue weighted by molar-refractivity contribution is 5.90. The second-order valence-corrected chi connectivity index (χ2v) is 5.19. The molecule has 0 aromatic heterocycles.